The molecule has 0 heterocycles. The topological polar surface area (TPSA) is 38.3 Å². The van der Waals surface area contributed by atoms with Gasteiger partial charge in [0, 0.05) is 5.69 Å². The molecule has 1 atom stereocenters. The highest BCUT2D eigenvalue weighted by Crippen LogP contribution is 2.19. The van der Waals surface area contributed by atoms with E-state index < -0.39 is 6.10 Å². The molecule has 0 aromatic heterocycles. The van der Waals surface area contributed by atoms with Crippen LogP contribution in [0.5, 0.6) is 5.75 Å². The Bertz CT molecular complexity index is 662. The van der Waals surface area contributed by atoms with Gasteiger partial charge in [-0.2, -0.15) is 0 Å². The van der Waals surface area contributed by atoms with Gasteiger partial charge >= 0.3 is 0 Å². The zero-order valence-corrected chi connectivity index (χ0v) is 14.3. The van der Waals surface area contributed by atoms with Crippen molar-refractivity contribution >= 4 is 11.6 Å². The molecule has 1 unspecified atom stereocenters. The second kappa shape index (κ2) is 7.82. The highest BCUT2D eigenvalue weighted by atomic mass is 16.5. The Balaban J connectivity index is 2.07. The minimum Gasteiger partial charge on any atom is -0.481 e. The summed E-state index contributed by atoms with van der Waals surface area (Å²) in [6.45, 7) is 8.06. The van der Waals surface area contributed by atoms with Crippen LogP contribution < -0.4 is 10.1 Å². The molecule has 0 bridgehead atoms. The van der Waals surface area contributed by atoms with Gasteiger partial charge in [-0.3, -0.25) is 4.79 Å². The first-order valence-electron chi connectivity index (χ1n) is 8.17. The average Bonchev–Trinajstić information content (AvgIpc) is 2.56. The molecule has 1 N–H and O–H groups in total. The van der Waals surface area contributed by atoms with E-state index in [1.54, 1.807) is 0 Å². The van der Waals surface area contributed by atoms with Gasteiger partial charge in [0.2, 0.25) is 0 Å². The number of anilines is 1. The number of amides is 1. The molecule has 0 aliphatic rings. The number of carbonyl (C=O) groups is 1. The normalized spacial score (nSPS) is 11.8. The monoisotopic (exact) mass is 311 g/mol. The van der Waals surface area contributed by atoms with Crippen molar-refractivity contribution < 1.29 is 9.53 Å². The van der Waals surface area contributed by atoms with Crippen LogP contribution in [0.2, 0.25) is 0 Å². The van der Waals surface area contributed by atoms with E-state index in [1.165, 1.54) is 5.56 Å². The van der Waals surface area contributed by atoms with E-state index >= 15 is 0 Å². The van der Waals surface area contributed by atoms with Crippen molar-refractivity contribution in [1.29, 1.82) is 0 Å². The summed E-state index contributed by atoms with van der Waals surface area (Å²) in [5.41, 5.74) is 4.27. The fourth-order valence-corrected chi connectivity index (χ4v) is 2.37. The standard InChI is InChI=1S/C20H25NO2/c1-5-16-9-11-17(12-10-16)23-19(6-2)20(22)21-18-13-14(3)7-8-15(18)4/h7-13,19H,5-6H2,1-4H3,(H,21,22). The molecule has 2 aromatic carbocycles. The van der Waals surface area contributed by atoms with Gasteiger partial charge in [0.25, 0.3) is 5.91 Å². The smallest absolute Gasteiger partial charge is 0.265 e. The molecule has 122 valence electrons. The fraction of sp³-hybridized carbons (Fsp3) is 0.350. The SMILES string of the molecule is CCc1ccc(OC(CC)C(=O)Nc2cc(C)ccc2C)cc1. The maximum atomic E-state index is 12.5. The quantitative estimate of drug-likeness (QED) is 0.842. The third-order valence-electron chi connectivity index (χ3n) is 3.92. The number of rotatable bonds is 6. The molecule has 23 heavy (non-hydrogen) atoms. The van der Waals surface area contributed by atoms with Crippen LogP contribution in [-0.4, -0.2) is 12.0 Å². The first-order valence-corrected chi connectivity index (χ1v) is 8.17. The van der Waals surface area contributed by atoms with Crippen molar-refractivity contribution in [1.82, 2.24) is 0 Å². The third-order valence-corrected chi connectivity index (χ3v) is 3.92. The van der Waals surface area contributed by atoms with Crippen molar-refractivity contribution in [2.75, 3.05) is 5.32 Å². The Morgan fingerprint density at radius 2 is 1.78 bits per heavy atom. The average molecular weight is 311 g/mol. The van der Waals surface area contributed by atoms with Crippen LogP contribution in [0.4, 0.5) is 5.69 Å². The Morgan fingerprint density at radius 1 is 1.09 bits per heavy atom. The fourth-order valence-electron chi connectivity index (χ4n) is 2.37. The van der Waals surface area contributed by atoms with Crippen LogP contribution in [0.25, 0.3) is 0 Å². The van der Waals surface area contributed by atoms with E-state index in [0.29, 0.717) is 6.42 Å². The lowest BCUT2D eigenvalue weighted by Gasteiger charge is -2.18. The Morgan fingerprint density at radius 3 is 2.39 bits per heavy atom. The molecule has 0 radical (unpaired) electrons. The second-order valence-corrected chi connectivity index (χ2v) is 5.82. The highest BCUT2D eigenvalue weighted by molar-refractivity contribution is 5.95. The number of carbonyl (C=O) groups excluding carboxylic acids is 1. The van der Waals surface area contributed by atoms with E-state index in [4.69, 9.17) is 4.74 Å². The van der Waals surface area contributed by atoms with E-state index in [2.05, 4.69) is 12.2 Å². The van der Waals surface area contributed by atoms with Gasteiger partial charge in [0.1, 0.15) is 5.75 Å². The van der Waals surface area contributed by atoms with Gasteiger partial charge in [0.05, 0.1) is 0 Å². The molecule has 0 aliphatic heterocycles. The summed E-state index contributed by atoms with van der Waals surface area (Å²) in [5, 5.41) is 2.98. The largest absolute Gasteiger partial charge is 0.481 e. The first-order chi connectivity index (χ1) is 11.0. The minimum absolute atomic E-state index is 0.110. The molecule has 3 heteroatoms. The van der Waals surface area contributed by atoms with Crippen molar-refractivity contribution in [3.8, 4) is 5.75 Å². The van der Waals surface area contributed by atoms with Crippen LogP contribution in [0.1, 0.15) is 37.0 Å². The molecule has 0 aliphatic carbocycles. The number of benzene rings is 2. The van der Waals surface area contributed by atoms with E-state index in [0.717, 1.165) is 29.0 Å². The summed E-state index contributed by atoms with van der Waals surface area (Å²) in [4.78, 5) is 12.5. The lowest BCUT2D eigenvalue weighted by Crippen LogP contribution is -2.32. The summed E-state index contributed by atoms with van der Waals surface area (Å²) >= 11 is 0. The Kier molecular flexibility index (Phi) is 5.80. The molecule has 2 rings (SSSR count). The van der Waals surface area contributed by atoms with Gasteiger partial charge < -0.3 is 10.1 Å². The summed E-state index contributed by atoms with van der Waals surface area (Å²) in [6.07, 6.45) is 1.11. The second-order valence-electron chi connectivity index (χ2n) is 5.82. The van der Waals surface area contributed by atoms with Gasteiger partial charge in [-0.15, -0.1) is 0 Å². The molecule has 3 nitrogen and oxygen atoms in total. The zero-order valence-electron chi connectivity index (χ0n) is 14.3. The van der Waals surface area contributed by atoms with Crippen molar-refractivity contribution in [2.45, 2.75) is 46.6 Å². The number of hydrogen-bond donors (Lipinski definition) is 1. The molecular formula is C20H25NO2. The van der Waals surface area contributed by atoms with Crippen LogP contribution in [0, 0.1) is 13.8 Å². The Hall–Kier alpha value is -2.29. The third kappa shape index (κ3) is 4.59. The molecule has 2 aromatic rings. The van der Waals surface area contributed by atoms with Crippen LogP contribution in [-0.2, 0) is 11.2 Å². The predicted octanol–water partition coefficient (Wildman–Crippen LogP) is 4.66. The maximum absolute atomic E-state index is 12.5. The van der Waals surface area contributed by atoms with E-state index in [9.17, 15) is 4.79 Å². The number of nitrogens with one attached hydrogen (secondary N) is 1. The lowest BCUT2D eigenvalue weighted by atomic mass is 10.1. The number of hydrogen-bond acceptors (Lipinski definition) is 2. The lowest BCUT2D eigenvalue weighted by molar-refractivity contribution is -0.122. The summed E-state index contributed by atoms with van der Waals surface area (Å²) in [7, 11) is 0. The molecule has 0 saturated carbocycles. The maximum Gasteiger partial charge on any atom is 0.265 e. The molecular weight excluding hydrogens is 286 g/mol. The van der Waals surface area contributed by atoms with Crippen LogP contribution >= 0.6 is 0 Å². The highest BCUT2D eigenvalue weighted by Gasteiger charge is 2.19. The van der Waals surface area contributed by atoms with E-state index in [1.807, 2.05) is 63.2 Å². The van der Waals surface area contributed by atoms with E-state index in [-0.39, 0.29) is 5.91 Å². The van der Waals surface area contributed by atoms with Crippen LogP contribution in [0.3, 0.4) is 0 Å². The zero-order chi connectivity index (χ0) is 16.8. The van der Waals surface area contributed by atoms with Gasteiger partial charge in [0.15, 0.2) is 6.10 Å². The van der Waals surface area contributed by atoms with Gasteiger partial charge in [-0.05, 0) is 61.6 Å². The Labute approximate surface area is 138 Å². The van der Waals surface area contributed by atoms with Crippen molar-refractivity contribution in [3.63, 3.8) is 0 Å². The molecule has 0 spiro atoms. The molecule has 0 fully saturated rings. The summed E-state index contributed by atoms with van der Waals surface area (Å²) < 4.78 is 5.86. The van der Waals surface area contributed by atoms with Gasteiger partial charge in [-0.1, -0.05) is 38.1 Å². The minimum atomic E-state index is -0.498. The molecule has 1 amide bonds. The number of aryl methyl sites for hydroxylation is 3. The van der Waals surface area contributed by atoms with Crippen molar-refractivity contribution in [3.05, 3.63) is 59.2 Å². The van der Waals surface area contributed by atoms with Gasteiger partial charge in [-0.25, -0.2) is 0 Å². The summed E-state index contributed by atoms with van der Waals surface area (Å²) in [5.74, 6) is 0.617. The first kappa shape index (κ1) is 17.1. The van der Waals surface area contributed by atoms with Crippen molar-refractivity contribution in [2.24, 2.45) is 0 Å². The predicted molar refractivity (Wildman–Crippen MR) is 95.1 cm³/mol. The number of ether oxygens (including phenoxy) is 1. The summed E-state index contributed by atoms with van der Waals surface area (Å²) in [6, 6.07) is 13.9. The van der Waals surface area contributed by atoms with Crippen LogP contribution in [0.15, 0.2) is 42.5 Å². The molecule has 0 saturated heterocycles.